The first kappa shape index (κ1) is 16.0. The average Bonchev–Trinajstić information content (AvgIpc) is 2.90. The van der Waals surface area contributed by atoms with Crippen LogP contribution >= 0.6 is 11.3 Å². The van der Waals surface area contributed by atoms with E-state index in [1.807, 2.05) is 13.8 Å². The van der Waals surface area contributed by atoms with Crippen LogP contribution in [-0.4, -0.2) is 36.0 Å². The van der Waals surface area contributed by atoms with Crippen molar-refractivity contribution in [2.24, 2.45) is 0 Å². The maximum atomic E-state index is 12.0. The largest absolute Gasteiger partial charge is 0.335 e. The molecule has 1 aromatic rings. The van der Waals surface area contributed by atoms with Gasteiger partial charge in [0.25, 0.3) is 0 Å². The molecule has 6 heteroatoms. The van der Waals surface area contributed by atoms with E-state index < -0.39 is 6.03 Å². The Morgan fingerprint density at radius 3 is 3.00 bits per heavy atom. The van der Waals surface area contributed by atoms with Crippen LogP contribution in [0.4, 0.5) is 4.79 Å². The first-order valence-corrected chi connectivity index (χ1v) is 8.29. The SMILES string of the molecule is CC[C@@H](C)NC(=O)NC(=O)CN1CCc2sccc2[C@@H]1C. The van der Waals surface area contributed by atoms with Gasteiger partial charge in [-0.15, -0.1) is 11.3 Å². The number of imide groups is 1. The summed E-state index contributed by atoms with van der Waals surface area (Å²) in [5.74, 6) is -0.249. The number of carbonyl (C=O) groups excluding carboxylic acids is 2. The number of amides is 3. The van der Waals surface area contributed by atoms with Crippen molar-refractivity contribution in [3.8, 4) is 0 Å². The van der Waals surface area contributed by atoms with E-state index in [4.69, 9.17) is 0 Å². The maximum Gasteiger partial charge on any atom is 0.321 e. The lowest BCUT2D eigenvalue weighted by Gasteiger charge is -2.32. The Hall–Kier alpha value is -1.40. The predicted octanol–water partition coefficient (Wildman–Crippen LogP) is 2.29. The normalized spacial score (nSPS) is 19.7. The molecule has 2 heterocycles. The molecule has 0 spiro atoms. The standard InChI is InChI=1S/C15H23N3O2S/c1-4-10(2)16-15(20)17-14(19)9-18-7-5-13-12(11(18)3)6-8-21-13/h6,8,10-11H,4-5,7,9H2,1-3H3,(H2,16,17,19,20)/t10-,11+/m1/s1. The molecule has 0 bridgehead atoms. The van der Waals surface area contributed by atoms with Crippen molar-refractivity contribution in [1.82, 2.24) is 15.5 Å². The molecule has 21 heavy (non-hydrogen) atoms. The number of nitrogens with one attached hydrogen (secondary N) is 2. The summed E-state index contributed by atoms with van der Waals surface area (Å²) in [6.45, 7) is 7.12. The molecule has 0 radical (unpaired) electrons. The molecule has 0 unspecified atom stereocenters. The van der Waals surface area contributed by atoms with Crippen molar-refractivity contribution in [3.05, 3.63) is 21.9 Å². The molecule has 116 valence electrons. The summed E-state index contributed by atoms with van der Waals surface area (Å²) in [6, 6.07) is 2.02. The van der Waals surface area contributed by atoms with E-state index in [1.165, 1.54) is 10.4 Å². The van der Waals surface area contributed by atoms with Gasteiger partial charge in [-0.1, -0.05) is 6.92 Å². The van der Waals surface area contributed by atoms with Gasteiger partial charge in [0.15, 0.2) is 0 Å². The summed E-state index contributed by atoms with van der Waals surface area (Å²) in [6.07, 6.45) is 1.81. The first-order chi connectivity index (χ1) is 10.0. The van der Waals surface area contributed by atoms with Crippen LogP contribution in [0.25, 0.3) is 0 Å². The lowest BCUT2D eigenvalue weighted by atomic mass is 10.0. The van der Waals surface area contributed by atoms with Crippen LogP contribution in [0, 0.1) is 0 Å². The smallest absolute Gasteiger partial charge is 0.321 e. The fourth-order valence-corrected chi connectivity index (χ4v) is 3.45. The Bertz CT molecular complexity index is 515. The molecule has 1 aliphatic heterocycles. The monoisotopic (exact) mass is 309 g/mol. The number of fused-ring (bicyclic) bond motifs is 1. The van der Waals surface area contributed by atoms with Crippen LogP contribution in [0.3, 0.4) is 0 Å². The van der Waals surface area contributed by atoms with Crippen molar-refractivity contribution < 1.29 is 9.59 Å². The first-order valence-electron chi connectivity index (χ1n) is 7.42. The van der Waals surface area contributed by atoms with E-state index in [0.29, 0.717) is 0 Å². The predicted molar refractivity (Wildman–Crippen MR) is 84.4 cm³/mol. The van der Waals surface area contributed by atoms with Crippen molar-refractivity contribution in [3.63, 3.8) is 0 Å². The van der Waals surface area contributed by atoms with Crippen LogP contribution in [0.1, 0.15) is 43.7 Å². The molecule has 3 amide bonds. The molecule has 1 aromatic heterocycles. The second-order valence-corrected chi connectivity index (χ2v) is 6.53. The number of urea groups is 1. The average molecular weight is 309 g/mol. The number of carbonyl (C=O) groups is 2. The Kier molecular flexibility index (Phi) is 5.36. The minimum atomic E-state index is -0.407. The van der Waals surface area contributed by atoms with Crippen molar-refractivity contribution in [1.29, 1.82) is 0 Å². The molecule has 1 aliphatic rings. The Labute approximate surface area is 129 Å². The summed E-state index contributed by atoms with van der Waals surface area (Å²) in [5.41, 5.74) is 1.31. The van der Waals surface area contributed by atoms with Gasteiger partial charge in [-0.05, 0) is 43.7 Å². The van der Waals surface area contributed by atoms with E-state index >= 15 is 0 Å². The van der Waals surface area contributed by atoms with Crippen LogP contribution < -0.4 is 10.6 Å². The van der Waals surface area contributed by atoms with Gasteiger partial charge >= 0.3 is 6.03 Å². The molecule has 0 saturated carbocycles. The van der Waals surface area contributed by atoms with Gasteiger partial charge in [-0.3, -0.25) is 15.0 Å². The minimum absolute atomic E-state index is 0.0695. The third kappa shape index (κ3) is 4.04. The zero-order valence-electron chi connectivity index (χ0n) is 12.8. The zero-order chi connectivity index (χ0) is 15.4. The summed E-state index contributed by atoms with van der Waals surface area (Å²) >= 11 is 1.78. The summed E-state index contributed by atoms with van der Waals surface area (Å²) in [7, 11) is 0. The fraction of sp³-hybridized carbons (Fsp3) is 0.600. The number of hydrogen-bond acceptors (Lipinski definition) is 4. The molecular formula is C15H23N3O2S. The van der Waals surface area contributed by atoms with Gasteiger partial charge in [0.1, 0.15) is 0 Å². The summed E-state index contributed by atoms with van der Waals surface area (Å²) in [4.78, 5) is 27.1. The maximum absolute atomic E-state index is 12.0. The number of hydrogen-bond donors (Lipinski definition) is 2. The van der Waals surface area contributed by atoms with Crippen LogP contribution in [0.2, 0.25) is 0 Å². The van der Waals surface area contributed by atoms with Crippen molar-refractivity contribution in [2.45, 2.75) is 45.7 Å². The van der Waals surface area contributed by atoms with E-state index in [9.17, 15) is 9.59 Å². The molecule has 0 saturated heterocycles. The Morgan fingerprint density at radius 2 is 2.29 bits per heavy atom. The third-order valence-corrected chi connectivity index (χ3v) is 4.99. The zero-order valence-corrected chi connectivity index (χ0v) is 13.6. The highest BCUT2D eigenvalue weighted by atomic mass is 32.1. The van der Waals surface area contributed by atoms with Crippen LogP contribution in [0.5, 0.6) is 0 Å². The highest BCUT2D eigenvalue weighted by Gasteiger charge is 2.26. The van der Waals surface area contributed by atoms with Crippen LogP contribution in [0.15, 0.2) is 11.4 Å². The van der Waals surface area contributed by atoms with Gasteiger partial charge in [0, 0.05) is 23.5 Å². The van der Waals surface area contributed by atoms with Gasteiger partial charge in [-0.2, -0.15) is 0 Å². The second kappa shape index (κ2) is 7.04. The van der Waals surface area contributed by atoms with E-state index in [0.717, 1.165) is 19.4 Å². The summed E-state index contributed by atoms with van der Waals surface area (Å²) in [5, 5.41) is 7.24. The molecule has 2 atom stereocenters. The number of rotatable bonds is 4. The highest BCUT2D eigenvalue weighted by molar-refractivity contribution is 7.10. The highest BCUT2D eigenvalue weighted by Crippen LogP contribution is 2.32. The Balaban J connectivity index is 1.85. The Morgan fingerprint density at radius 1 is 1.52 bits per heavy atom. The fourth-order valence-electron chi connectivity index (χ4n) is 2.49. The van der Waals surface area contributed by atoms with Gasteiger partial charge in [0.05, 0.1) is 6.54 Å². The molecule has 0 aliphatic carbocycles. The van der Waals surface area contributed by atoms with Gasteiger partial charge in [0.2, 0.25) is 5.91 Å². The molecule has 2 N–H and O–H groups in total. The molecule has 2 rings (SSSR count). The third-order valence-electron chi connectivity index (χ3n) is 3.99. The quantitative estimate of drug-likeness (QED) is 0.897. The van der Waals surface area contributed by atoms with Crippen molar-refractivity contribution >= 4 is 23.3 Å². The van der Waals surface area contributed by atoms with E-state index in [-0.39, 0.29) is 24.5 Å². The lowest BCUT2D eigenvalue weighted by Crippen LogP contribution is -2.48. The number of nitrogens with zero attached hydrogens (tertiary/aromatic N) is 1. The minimum Gasteiger partial charge on any atom is -0.335 e. The van der Waals surface area contributed by atoms with Crippen molar-refractivity contribution in [2.75, 3.05) is 13.1 Å². The van der Waals surface area contributed by atoms with Gasteiger partial charge in [-0.25, -0.2) is 4.79 Å². The van der Waals surface area contributed by atoms with E-state index in [1.54, 1.807) is 11.3 Å². The van der Waals surface area contributed by atoms with Crippen LogP contribution in [-0.2, 0) is 11.2 Å². The molecule has 0 fully saturated rings. The lowest BCUT2D eigenvalue weighted by molar-refractivity contribution is -0.121. The molecule has 5 nitrogen and oxygen atoms in total. The topological polar surface area (TPSA) is 61.4 Å². The van der Waals surface area contributed by atoms with E-state index in [2.05, 4.69) is 33.9 Å². The number of thiophene rings is 1. The van der Waals surface area contributed by atoms with Gasteiger partial charge < -0.3 is 5.32 Å². The summed E-state index contributed by atoms with van der Waals surface area (Å²) < 4.78 is 0. The second-order valence-electron chi connectivity index (χ2n) is 5.53. The molecule has 0 aromatic carbocycles. The molecular weight excluding hydrogens is 286 g/mol.